The number of hydrogen-bond donors (Lipinski definition) is 0. The Morgan fingerprint density at radius 1 is 0.216 bits per heavy atom. The van der Waals surface area contributed by atoms with Gasteiger partial charge in [-0.15, -0.1) is 0 Å². The third kappa shape index (κ3) is 9.82. The summed E-state index contributed by atoms with van der Waals surface area (Å²) in [6, 6.07) is 103. The predicted molar refractivity (Wildman–Crippen MR) is 499 cm³/mol. The quantitative estimate of drug-likeness (QED) is 0.0860. The standard InChI is InChI=1S/5C23H18NO/c1-23(2)18-8-5-9-19-20(18)22-21(23)17-11-15-7-4-3-6-14(15)10-16(17)12-24(22)13-25-19;1-23(2)17-8-5-9-19-20(17)22-18(23)12-15-11-10-14-6-3-4-7-16(14)21(15)24(22)13-25-19;1-23(2)17-8-5-9-18-20(17)22-21(23)19-15(12-24(22)13-25-18)11-10-14-6-3-4-7-16(14)19;1-23(2)17-8-5-9-20-21(17)22-18(23)12-16-15-7-4-3-6-14(15)10-11-19(16)24(22)13-25-20;1-23(2)18-8-5-9-19-20(18)22-21(23)16-11-10-14-6-3-4-7-15(14)17(16)12-24(22)13-25-19/h5*3-12H,13H2,1-2H3/q5*+1. The summed E-state index contributed by atoms with van der Waals surface area (Å²) in [5.74, 6) is 5.09. The summed E-state index contributed by atoms with van der Waals surface area (Å²) in [7, 11) is 0. The van der Waals surface area contributed by atoms with Gasteiger partial charge in [0, 0.05) is 82.5 Å². The fourth-order valence-electron chi connectivity index (χ4n) is 23.9. The van der Waals surface area contributed by atoms with Gasteiger partial charge in [0.25, 0.3) is 33.7 Å². The molecule has 0 amide bonds. The lowest BCUT2D eigenvalue weighted by atomic mass is 9.80. The molecular formula is C115H90N5O5+5. The highest BCUT2D eigenvalue weighted by Gasteiger charge is 2.53. The highest BCUT2D eigenvalue weighted by Crippen LogP contribution is 2.60. The van der Waals surface area contributed by atoms with Crippen molar-refractivity contribution in [1.29, 1.82) is 0 Å². The Balaban J connectivity index is 0.0000000833. The molecule has 20 aromatic rings. The van der Waals surface area contributed by atoms with Crippen molar-refractivity contribution in [3.63, 3.8) is 0 Å². The number of rotatable bonds is 0. The third-order valence-electron chi connectivity index (χ3n) is 29.8. The van der Waals surface area contributed by atoms with Gasteiger partial charge in [-0.3, -0.25) is 0 Å². The highest BCUT2D eigenvalue weighted by molar-refractivity contribution is 6.14. The van der Waals surface area contributed by atoms with Crippen LogP contribution in [0, 0.1) is 0 Å². The minimum absolute atomic E-state index is 0.00401. The van der Waals surface area contributed by atoms with Crippen molar-refractivity contribution >= 4 is 108 Å². The first-order chi connectivity index (χ1) is 60.8. The molecule has 0 N–H and O–H groups in total. The Morgan fingerprint density at radius 3 is 1.14 bits per heavy atom. The Hall–Kier alpha value is -14.4. The van der Waals surface area contributed by atoms with Gasteiger partial charge in [-0.05, 0) is 166 Å². The zero-order valence-electron chi connectivity index (χ0n) is 71.7. The van der Waals surface area contributed by atoms with Crippen LogP contribution in [0.15, 0.2) is 304 Å². The molecule has 30 rings (SSSR count). The molecule has 0 spiro atoms. The van der Waals surface area contributed by atoms with Crippen molar-refractivity contribution in [1.82, 2.24) is 0 Å². The average Bonchev–Trinajstić information content (AvgIpc) is 1.55. The van der Waals surface area contributed by atoms with Crippen molar-refractivity contribution in [3.05, 3.63) is 359 Å². The molecule has 125 heavy (non-hydrogen) atoms. The highest BCUT2D eigenvalue weighted by atomic mass is 16.5. The number of aromatic nitrogens is 5. The maximum Gasteiger partial charge on any atom is 0.293 e. The molecule has 5 aromatic heterocycles. The maximum atomic E-state index is 6.18. The minimum atomic E-state index is -0.0419. The molecule has 10 heterocycles. The van der Waals surface area contributed by atoms with Crippen LogP contribution < -0.4 is 46.5 Å². The van der Waals surface area contributed by atoms with Crippen molar-refractivity contribution in [3.8, 4) is 85.0 Å². The first kappa shape index (κ1) is 72.3. The van der Waals surface area contributed by atoms with Crippen LogP contribution in [0.1, 0.15) is 125 Å². The van der Waals surface area contributed by atoms with E-state index < -0.39 is 0 Å². The number of ether oxygens (including phenoxy) is 5. The second-order valence-electron chi connectivity index (χ2n) is 38.3. The predicted octanol–water partition coefficient (Wildman–Crippen LogP) is 24.7. The first-order valence-corrected chi connectivity index (χ1v) is 44.1. The summed E-state index contributed by atoms with van der Waals surface area (Å²) in [6.07, 6.45) is 6.78. The van der Waals surface area contributed by atoms with Gasteiger partial charge in [0.1, 0.15) is 28.7 Å². The van der Waals surface area contributed by atoms with E-state index in [0.717, 1.165) is 28.7 Å². The van der Waals surface area contributed by atoms with Crippen LogP contribution in [-0.4, -0.2) is 0 Å². The van der Waals surface area contributed by atoms with Gasteiger partial charge < -0.3 is 23.7 Å². The monoisotopic (exact) mass is 1620 g/mol. The molecule has 0 unspecified atom stereocenters. The van der Waals surface area contributed by atoms with E-state index in [1.54, 1.807) is 0 Å². The van der Waals surface area contributed by atoms with Gasteiger partial charge in [0.2, 0.25) is 39.5 Å². The SMILES string of the molecule is CC1(C)c2cccc3c2-c2c1c1c(ccc4ccccc41)c[n+]2CO3.CC1(C)c2cccc3c2-c2c1c1cc4ccccc4cc1c[n+]2CO3.CC1(C)c2cccc3c2-c2c1c1ccc4ccccc4c1c[n+]2CO3.CC1(C)c2cccc3c2-c2c1cc1c4ccccc4ccc1[n+]2CO3.CC1(C)c2cccc3c2-c2c1cc1ccc4ccccc4c1[n+]2CO3. The van der Waals surface area contributed by atoms with Crippen molar-refractivity contribution < 1.29 is 46.5 Å². The van der Waals surface area contributed by atoms with E-state index in [4.69, 9.17) is 23.7 Å². The molecule has 10 nitrogen and oxygen atoms in total. The molecule has 0 atom stereocenters. The summed E-state index contributed by atoms with van der Waals surface area (Å²) in [5.41, 5.74) is 29.5. The van der Waals surface area contributed by atoms with E-state index in [-0.39, 0.29) is 27.1 Å². The van der Waals surface area contributed by atoms with Crippen LogP contribution in [0.3, 0.4) is 0 Å². The van der Waals surface area contributed by atoms with Gasteiger partial charge in [0.05, 0.1) is 44.0 Å². The van der Waals surface area contributed by atoms with Crippen LogP contribution in [-0.2, 0) is 60.7 Å². The van der Waals surface area contributed by atoms with Crippen molar-refractivity contribution in [2.24, 2.45) is 0 Å². The summed E-state index contributed by atoms with van der Waals surface area (Å²) in [4.78, 5) is 0. The summed E-state index contributed by atoms with van der Waals surface area (Å²) < 4.78 is 42.1. The molecule has 0 radical (unpaired) electrons. The lowest BCUT2D eigenvalue weighted by molar-refractivity contribution is -0.716. The zero-order chi connectivity index (χ0) is 83.8. The number of pyridine rings is 5. The summed E-state index contributed by atoms with van der Waals surface area (Å²) >= 11 is 0. The third-order valence-corrected chi connectivity index (χ3v) is 29.8. The van der Waals surface area contributed by atoms with E-state index in [0.29, 0.717) is 33.7 Å². The smallest absolute Gasteiger partial charge is 0.293 e. The Morgan fingerprint density at radius 2 is 0.584 bits per heavy atom. The summed E-state index contributed by atoms with van der Waals surface area (Å²) in [5, 5.41) is 23.6. The van der Waals surface area contributed by atoms with Crippen molar-refractivity contribution in [2.45, 2.75) is 130 Å². The molecule has 15 aromatic carbocycles. The minimum Gasteiger partial charge on any atom is -0.435 e. The van der Waals surface area contributed by atoms with Crippen LogP contribution in [0.4, 0.5) is 0 Å². The van der Waals surface area contributed by atoms with Crippen LogP contribution in [0.25, 0.3) is 164 Å². The van der Waals surface area contributed by atoms with Gasteiger partial charge in [-0.2, -0.15) is 22.8 Å². The number of benzene rings is 15. The van der Waals surface area contributed by atoms with E-state index in [2.05, 4.69) is 396 Å². The molecular weight excluding hydrogens is 1530 g/mol. The molecule has 5 aliphatic heterocycles. The van der Waals surface area contributed by atoms with Crippen LogP contribution in [0.5, 0.6) is 28.7 Å². The Kier molecular flexibility index (Phi) is 14.7. The second kappa shape index (κ2) is 25.4. The van der Waals surface area contributed by atoms with Gasteiger partial charge in [-0.25, -0.2) is 0 Å². The fourth-order valence-corrected chi connectivity index (χ4v) is 23.9. The summed E-state index contributed by atoms with van der Waals surface area (Å²) in [6.45, 7) is 26.2. The normalized spacial score (nSPS) is 16.1. The zero-order valence-corrected chi connectivity index (χ0v) is 71.7. The topological polar surface area (TPSA) is 65.5 Å². The maximum absolute atomic E-state index is 6.18. The van der Waals surface area contributed by atoms with E-state index >= 15 is 0 Å². The molecule has 0 bridgehead atoms. The molecule has 0 saturated heterocycles. The van der Waals surface area contributed by atoms with Gasteiger partial charge in [0.15, 0.2) is 18.6 Å². The molecule has 600 valence electrons. The molecule has 0 saturated carbocycles. The number of fused-ring (bicyclic) bond motifs is 19. The van der Waals surface area contributed by atoms with Crippen molar-refractivity contribution in [2.75, 3.05) is 0 Å². The number of nitrogens with zero attached hydrogens (tertiary/aromatic N) is 5. The molecule has 10 aliphatic rings. The second-order valence-corrected chi connectivity index (χ2v) is 38.3. The number of hydrogen-bond acceptors (Lipinski definition) is 5. The Bertz CT molecular complexity index is 8190. The van der Waals surface area contributed by atoms with E-state index in [9.17, 15) is 0 Å². The average molecular weight is 1620 g/mol. The fraction of sp³-hybridized carbons (Fsp3) is 0.174. The Labute approximate surface area is 724 Å². The van der Waals surface area contributed by atoms with Crippen LogP contribution in [0.2, 0.25) is 0 Å². The molecule has 0 fully saturated rings. The molecule has 10 heteroatoms. The lowest BCUT2D eigenvalue weighted by Gasteiger charge is -2.22. The van der Waals surface area contributed by atoms with Crippen LogP contribution >= 0.6 is 0 Å². The molecule has 5 aliphatic carbocycles. The lowest BCUT2D eigenvalue weighted by Crippen LogP contribution is -2.43. The van der Waals surface area contributed by atoms with Gasteiger partial charge >= 0.3 is 0 Å². The van der Waals surface area contributed by atoms with Gasteiger partial charge in [-0.1, -0.05) is 269 Å². The van der Waals surface area contributed by atoms with E-state index in [1.807, 2.05) is 0 Å². The van der Waals surface area contributed by atoms with E-state index in [1.165, 1.54) is 220 Å². The largest absolute Gasteiger partial charge is 0.435 e. The first-order valence-electron chi connectivity index (χ1n) is 44.1.